The molecular weight excluding hydrogens is 441 g/mol. The monoisotopic (exact) mass is 459 g/mol. The third-order valence-electron chi connectivity index (χ3n) is 3.08. The fraction of sp³-hybridized carbons (Fsp3) is 0.294. The van der Waals surface area contributed by atoms with Gasteiger partial charge < -0.3 is 10.1 Å². The maximum Gasteiger partial charge on any atom is 0.120 e. The van der Waals surface area contributed by atoms with E-state index in [2.05, 4.69) is 81.1 Å². The Balaban J connectivity index is 1.96. The lowest BCUT2D eigenvalue weighted by molar-refractivity contribution is 0.306. The molecule has 2 nitrogen and oxygen atoms in total. The predicted molar refractivity (Wildman–Crippen MR) is 99.6 cm³/mol. The number of hydrogen-bond donors (Lipinski definition) is 1. The van der Waals surface area contributed by atoms with Crippen molar-refractivity contribution in [3.05, 3.63) is 61.6 Å². The van der Waals surface area contributed by atoms with Gasteiger partial charge in [0.1, 0.15) is 12.4 Å². The zero-order valence-corrected chi connectivity index (χ0v) is 15.8. The van der Waals surface area contributed by atoms with Crippen molar-refractivity contribution >= 4 is 38.5 Å². The zero-order chi connectivity index (χ0) is 15.1. The molecule has 1 N–H and O–H groups in total. The molecular formula is C17H19BrINO. The molecule has 2 rings (SSSR count). The van der Waals surface area contributed by atoms with Crippen molar-refractivity contribution < 1.29 is 4.74 Å². The van der Waals surface area contributed by atoms with Crippen molar-refractivity contribution in [2.24, 2.45) is 0 Å². The van der Waals surface area contributed by atoms with E-state index in [1.54, 1.807) is 0 Å². The van der Waals surface area contributed by atoms with Gasteiger partial charge in [-0.25, -0.2) is 0 Å². The highest BCUT2D eigenvalue weighted by molar-refractivity contribution is 14.1. The molecule has 0 saturated heterocycles. The van der Waals surface area contributed by atoms with Gasteiger partial charge in [-0.05, 0) is 77.0 Å². The molecule has 0 heterocycles. The van der Waals surface area contributed by atoms with Gasteiger partial charge in [0.05, 0.1) is 0 Å². The predicted octanol–water partition coefficient (Wildman–Crippen LogP) is 5.13. The summed E-state index contributed by atoms with van der Waals surface area (Å²) in [6.45, 7) is 4.65. The van der Waals surface area contributed by atoms with Crippen LogP contribution in [0.5, 0.6) is 5.75 Å². The second kappa shape index (κ2) is 8.76. The topological polar surface area (TPSA) is 21.3 Å². The molecule has 0 amide bonds. The highest BCUT2D eigenvalue weighted by atomic mass is 127. The minimum Gasteiger partial charge on any atom is -0.489 e. The van der Waals surface area contributed by atoms with Crippen LogP contribution >= 0.6 is 38.5 Å². The lowest BCUT2D eigenvalue weighted by Crippen LogP contribution is -2.14. The molecule has 0 atom stereocenters. The molecule has 0 fully saturated rings. The first kappa shape index (κ1) is 16.8. The van der Waals surface area contributed by atoms with E-state index in [0.29, 0.717) is 6.61 Å². The Hall–Kier alpha value is -0.590. The van der Waals surface area contributed by atoms with Gasteiger partial charge in [0.15, 0.2) is 0 Å². The van der Waals surface area contributed by atoms with Crippen LogP contribution in [0.1, 0.15) is 24.5 Å². The summed E-state index contributed by atoms with van der Waals surface area (Å²) in [6, 6.07) is 14.5. The van der Waals surface area contributed by atoms with Crippen LogP contribution in [-0.2, 0) is 13.2 Å². The van der Waals surface area contributed by atoms with E-state index in [0.717, 1.165) is 29.7 Å². The number of benzene rings is 2. The Labute approximate surface area is 148 Å². The van der Waals surface area contributed by atoms with Crippen molar-refractivity contribution in [3.8, 4) is 5.75 Å². The molecule has 0 bridgehead atoms. The molecule has 0 radical (unpaired) electrons. The molecule has 0 spiro atoms. The van der Waals surface area contributed by atoms with Crippen molar-refractivity contribution in [1.82, 2.24) is 5.32 Å². The molecule has 2 aromatic rings. The first-order chi connectivity index (χ1) is 10.2. The molecule has 2 aromatic carbocycles. The molecule has 0 aromatic heterocycles. The van der Waals surface area contributed by atoms with Gasteiger partial charge >= 0.3 is 0 Å². The van der Waals surface area contributed by atoms with Crippen LogP contribution in [0.4, 0.5) is 0 Å². The fourth-order valence-corrected chi connectivity index (χ4v) is 2.67. The SMILES string of the molecule is CCCNCc1cc(OCc2ccc(I)cc2)ccc1Br. The highest BCUT2D eigenvalue weighted by Gasteiger charge is 2.03. The summed E-state index contributed by atoms with van der Waals surface area (Å²) < 4.78 is 8.24. The van der Waals surface area contributed by atoms with Gasteiger partial charge in [0.2, 0.25) is 0 Å². The molecule has 0 saturated carbocycles. The highest BCUT2D eigenvalue weighted by Crippen LogP contribution is 2.23. The lowest BCUT2D eigenvalue weighted by atomic mass is 10.2. The largest absolute Gasteiger partial charge is 0.489 e. The molecule has 112 valence electrons. The molecule has 0 aliphatic carbocycles. The van der Waals surface area contributed by atoms with E-state index in [-0.39, 0.29) is 0 Å². The van der Waals surface area contributed by atoms with Gasteiger partial charge in [-0.15, -0.1) is 0 Å². The van der Waals surface area contributed by atoms with E-state index in [1.165, 1.54) is 14.7 Å². The minimum atomic E-state index is 0.598. The van der Waals surface area contributed by atoms with Crippen LogP contribution in [0.25, 0.3) is 0 Å². The van der Waals surface area contributed by atoms with E-state index in [4.69, 9.17) is 4.74 Å². The number of halogens is 2. The normalized spacial score (nSPS) is 10.6. The van der Waals surface area contributed by atoms with Crippen molar-refractivity contribution in [1.29, 1.82) is 0 Å². The maximum atomic E-state index is 5.88. The van der Waals surface area contributed by atoms with Gasteiger partial charge in [-0.2, -0.15) is 0 Å². The van der Waals surface area contributed by atoms with Crippen LogP contribution in [0.15, 0.2) is 46.9 Å². The molecule has 0 aliphatic heterocycles. The third kappa shape index (κ3) is 5.60. The summed E-state index contributed by atoms with van der Waals surface area (Å²) >= 11 is 5.90. The fourth-order valence-electron chi connectivity index (χ4n) is 1.92. The molecule has 0 unspecified atom stereocenters. The van der Waals surface area contributed by atoms with Crippen molar-refractivity contribution in [3.63, 3.8) is 0 Å². The van der Waals surface area contributed by atoms with Gasteiger partial charge in [-0.1, -0.05) is 35.0 Å². The number of nitrogens with one attached hydrogen (secondary N) is 1. The molecule has 21 heavy (non-hydrogen) atoms. The Morgan fingerprint density at radius 3 is 2.62 bits per heavy atom. The Bertz CT molecular complexity index is 572. The average molecular weight is 460 g/mol. The van der Waals surface area contributed by atoms with E-state index < -0.39 is 0 Å². The second-order valence-electron chi connectivity index (χ2n) is 4.85. The quantitative estimate of drug-likeness (QED) is 0.457. The first-order valence-corrected chi connectivity index (χ1v) is 8.92. The standard InChI is InChI=1S/C17H19BrINO/c1-2-9-20-11-14-10-16(7-8-17(14)18)21-12-13-3-5-15(19)6-4-13/h3-8,10,20H,2,9,11-12H2,1H3. The number of hydrogen-bond acceptors (Lipinski definition) is 2. The van der Waals surface area contributed by atoms with Crippen molar-refractivity contribution in [2.45, 2.75) is 26.5 Å². The lowest BCUT2D eigenvalue weighted by Gasteiger charge is -2.11. The van der Waals surface area contributed by atoms with Gasteiger partial charge in [0.25, 0.3) is 0 Å². The van der Waals surface area contributed by atoms with Gasteiger partial charge in [-0.3, -0.25) is 0 Å². The van der Waals surface area contributed by atoms with E-state index in [9.17, 15) is 0 Å². The Kier molecular flexibility index (Phi) is 6.99. The summed E-state index contributed by atoms with van der Waals surface area (Å²) in [5, 5.41) is 3.41. The maximum absolute atomic E-state index is 5.88. The van der Waals surface area contributed by atoms with Crippen LogP contribution in [0.3, 0.4) is 0 Å². The number of ether oxygens (including phenoxy) is 1. The average Bonchev–Trinajstić information content (AvgIpc) is 2.49. The zero-order valence-electron chi connectivity index (χ0n) is 12.0. The van der Waals surface area contributed by atoms with Gasteiger partial charge in [0, 0.05) is 14.6 Å². The van der Waals surface area contributed by atoms with E-state index >= 15 is 0 Å². The van der Waals surface area contributed by atoms with Crippen molar-refractivity contribution in [2.75, 3.05) is 6.54 Å². The smallest absolute Gasteiger partial charge is 0.120 e. The summed E-state index contributed by atoms with van der Waals surface area (Å²) in [6.07, 6.45) is 1.14. The molecule has 4 heteroatoms. The summed E-state index contributed by atoms with van der Waals surface area (Å²) in [5.74, 6) is 0.907. The summed E-state index contributed by atoms with van der Waals surface area (Å²) in [7, 11) is 0. The van der Waals surface area contributed by atoms with Crippen LogP contribution in [-0.4, -0.2) is 6.54 Å². The Morgan fingerprint density at radius 2 is 1.90 bits per heavy atom. The van der Waals surface area contributed by atoms with Crippen LogP contribution in [0.2, 0.25) is 0 Å². The van der Waals surface area contributed by atoms with Crippen LogP contribution in [0, 0.1) is 3.57 Å². The minimum absolute atomic E-state index is 0.598. The van der Waals surface area contributed by atoms with Crippen LogP contribution < -0.4 is 10.1 Å². The second-order valence-corrected chi connectivity index (χ2v) is 6.95. The molecule has 0 aliphatic rings. The number of rotatable bonds is 7. The summed E-state index contributed by atoms with van der Waals surface area (Å²) in [5.41, 5.74) is 2.41. The first-order valence-electron chi connectivity index (χ1n) is 7.05. The third-order valence-corrected chi connectivity index (χ3v) is 4.57. The van der Waals surface area contributed by atoms with E-state index in [1.807, 2.05) is 12.1 Å². The Morgan fingerprint density at radius 1 is 1.14 bits per heavy atom. The summed E-state index contributed by atoms with van der Waals surface area (Å²) in [4.78, 5) is 0.